The van der Waals surface area contributed by atoms with Gasteiger partial charge in [0, 0.05) is 7.05 Å². The summed E-state index contributed by atoms with van der Waals surface area (Å²) in [5, 5.41) is 4.91. The Morgan fingerprint density at radius 2 is 2.00 bits per heavy atom. The van der Waals surface area contributed by atoms with Crippen LogP contribution in [-0.4, -0.2) is 39.1 Å². The molecule has 1 aromatic rings. The van der Waals surface area contributed by atoms with E-state index in [1.54, 1.807) is 4.68 Å². The number of carbonyl (C=O) groups is 1. The molecule has 0 bridgehead atoms. The summed E-state index contributed by atoms with van der Waals surface area (Å²) >= 11 is 6.26. The topological polar surface area (TPSA) is 38.1 Å². The maximum Gasteiger partial charge on any atom is 0.158 e. The van der Waals surface area contributed by atoms with Crippen molar-refractivity contribution in [2.75, 3.05) is 13.1 Å². The van der Waals surface area contributed by atoms with Crippen molar-refractivity contribution in [3.63, 3.8) is 0 Å². The molecule has 0 N–H and O–H groups in total. The summed E-state index contributed by atoms with van der Waals surface area (Å²) < 4.78 is 1.73. The van der Waals surface area contributed by atoms with E-state index < -0.39 is 0 Å². The largest absolute Gasteiger partial charge is 0.297 e. The summed E-state index contributed by atoms with van der Waals surface area (Å²) in [6.07, 6.45) is 3.57. The number of rotatable bonds is 5. The van der Waals surface area contributed by atoms with Crippen LogP contribution in [0.15, 0.2) is 0 Å². The maximum absolute atomic E-state index is 12.8. The fraction of sp³-hybridized carbons (Fsp3) is 0.733. The summed E-state index contributed by atoms with van der Waals surface area (Å²) in [6.45, 7) is 8.07. The van der Waals surface area contributed by atoms with Gasteiger partial charge in [-0.25, -0.2) is 0 Å². The van der Waals surface area contributed by atoms with Gasteiger partial charge in [-0.15, -0.1) is 0 Å². The van der Waals surface area contributed by atoms with E-state index in [4.69, 9.17) is 11.6 Å². The molecular formula is C15H24ClN3O. The van der Waals surface area contributed by atoms with E-state index in [0.29, 0.717) is 11.4 Å². The lowest BCUT2D eigenvalue weighted by Crippen LogP contribution is -2.51. The van der Waals surface area contributed by atoms with Crippen molar-refractivity contribution in [1.82, 2.24) is 14.7 Å². The fourth-order valence-electron chi connectivity index (χ4n) is 3.02. The highest BCUT2D eigenvalue weighted by molar-refractivity contribution is 6.32. The highest BCUT2D eigenvalue weighted by Crippen LogP contribution is 2.28. The van der Waals surface area contributed by atoms with Crippen LogP contribution in [0.25, 0.3) is 0 Å². The number of aromatic nitrogens is 2. The Morgan fingerprint density at radius 1 is 1.40 bits per heavy atom. The molecule has 2 heterocycles. The number of halogens is 1. The molecular weight excluding hydrogens is 274 g/mol. The minimum absolute atomic E-state index is 0.242. The van der Waals surface area contributed by atoms with Crippen molar-refractivity contribution in [1.29, 1.82) is 0 Å². The lowest BCUT2D eigenvalue weighted by Gasteiger charge is -2.36. The van der Waals surface area contributed by atoms with Gasteiger partial charge in [0.25, 0.3) is 0 Å². The van der Waals surface area contributed by atoms with E-state index >= 15 is 0 Å². The van der Waals surface area contributed by atoms with Crippen LogP contribution in [0.4, 0.5) is 0 Å². The monoisotopic (exact) mass is 297 g/mol. The molecule has 1 unspecified atom stereocenters. The average Bonchev–Trinajstić information content (AvgIpc) is 3.03. The zero-order chi connectivity index (χ0) is 14.9. The Bertz CT molecular complexity index is 505. The third-order valence-corrected chi connectivity index (χ3v) is 5.17. The number of nitrogens with zero attached hydrogens (tertiary/aromatic N) is 3. The minimum atomic E-state index is -0.377. The third-order valence-electron chi connectivity index (χ3n) is 4.68. The molecule has 0 amide bonds. The molecule has 1 aliphatic rings. The first-order valence-corrected chi connectivity index (χ1v) is 7.74. The molecule has 1 saturated heterocycles. The summed E-state index contributed by atoms with van der Waals surface area (Å²) in [7, 11) is 1.85. The zero-order valence-electron chi connectivity index (χ0n) is 12.9. The molecule has 1 atom stereocenters. The molecule has 1 aliphatic heterocycles. The average molecular weight is 298 g/mol. The predicted molar refractivity (Wildman–Crippen MR) is 81.2 cm³/mol. The number of likely N-dealkylation sites (tertiary alicyclic amines) is 1. The van der Waals surface area contributed by atoms with Crippen LogP contribution in [0.1, 0.15) is 44.5 Å². The van der Waals surface area contributed by atoms with Gasteiger partial charge >= 0.3 is 0 Å². The Labute approximate surface area is 126 Å². The molecule has 0 spiro atoms. The van der Waals surface area contributed by atoms with Gasteiger partial charge < -0.3 is 0 Å². The lowest BCUT2D eigenvalue weighted by molar-refractivity contribution is -0.129. The van der Waals surface area contributed by atoms with Gasteiger partial charge in [0.15, 0.2) is 5.78 Å². The first-order valence-electron chi connectivity index (χ1n) is 7.36. The molecule has 0 aliphatic carbocycles. The van der Waals surface area contributed by atoms with Gasteiger partial charge in [-0.1, -0.05) is 18.5 Å². The molecule has 0 radical (unpaired) electrons. The van der Waals surface area contributed by atoms with Crippen LogP contribution >= 0.6 is 11.6 Å². The first kappa shape index (κ1) is 15.5. The fourth-order valence-corrected chi connectivity index (χ4v) is 3.25. The van der Waals surface area contributed by atoms with Gasteiger partial charge in [0.1, 0.15) is 0 Å². The molecule has 1 fully saturated rings. The molecule has 1 aromatic heterocycles. The van der Waals surface area contributed by atoms with Gasteiger partial charge in [-0.3, -0.25) is 14.4 Å². The number of carbonyl (C=O) groups excluding carboxylic acids is 1. The second kappa shape index (κ2) is 5.86. The van der Waals surface area contributed by atoms with Gasteiger partial charge in [0.2, 0.25) is 0 Å². The standard InChI is InChI=1S/C15H24ClN3O/c1-5-15(3,19-8-6-7-9-19)13(20)10-12-14(16)11(2)17-18(12)4/h5-10H2,1-4H3. The molecule has 20 heavy (non-hydrogen) atoms. The van der Waals surface area contributed by atoms with Crippen molar-refractivity contribution < 1.29 is 4.79 Å². The Balaban J connectivity index is 2.21. The van der Waals surface area contributed by atoms with Crippen molar-refractivity contribution in [2.45, 2.75) is 52.0 Å². The van der Waals surface area contributed by atoms with Crippen LogP contribution in [0, 0.1) is 6.92 Å². The van der Waals surface area contributed by atoms with Crippen LogP contribution in [-0.2, 0) is 18.3 Å². The zero-order valence-corrected chi connectivity index (χ0v) is 13.6. The highest BCUT2D eigenvalue weighted by Gasteiger charge is 2.39. The van der Waals surface area contributed by atoms with E-state index in [0.717, 1.165) is 30.9 Å². The maximum atomic E-state index is 12.8. The van der Waals surface area contributed by atoms with E-state index in [1.807, 2.05) is 14.0 Å². The molecule has 0 aromatic carbocycles. The van der Waals surface area contributed by atoms with Crippen LogP contribution in [0.5, 0.6) is 0 Å². The van der Waals surface area contributed by atoms with E-state index in [1.165, 1.54) is 12.8 Å². The summed E-state index contributed by atoms with van der Waals surface area (Å²) in [6, 6.07) is 0. The van der Waals surface area contributed by atoms with Gasteiger partial charge in [-0.05, 0) is 46.2 Å². The third kappa shape index (κ3) is 2.63. The van der Waals surface area contributed by atoms with Crippen LogP contribution < -0.4 is 0 Å². The normalized spacial score (nSPS) is 19.2. The van der Waals surface area contributed by atoms with Crippen LogP contribution in [0.2, 0.25) is 5.02 Å². The van der Waals surface area contributed by atoms with E-state index in [9.17, 15) is 4.79 Å². The summed E-state index contributed by atoms with van der Waals surface area (Å²) in [4.78, 5) is 15.2. The number of hydrogen-bond acceptors (Lipinski definition) is 3. The Morgan fingerprint density at radius 3 is 2.45 bits per heavy atom. The highest BCUT2D eigenvalue weighted by atomic mass is 35.5. The predicted octanol–water partition coefficient (Wildman–Crippen LogP) is 2.76. The van der Waals surface area contributed by atoms with Gasteiger partial charge in [0.05, 0.1) is 28.4 Å². The first-order chi connectivity index (χ1) is 9.40. The van der Waals surface area contributed by atoms with E-state index in [-0.39, 0.29) is 11.3 Å². The summed E-state index contributed by atoms with van der Waals surface area (Å²) in [5.74, 6) is 0.242. The smallest absolute Gasteiger partial charge is 0.158 e. The Hall–Kier alpha value is -0.870. The quantitative estimate of drug-likeness (QED) is 0.839. The van der Waals surface area contributed by atoms with Crippen molar-refractivity contribution in [2.24, 2.45) is 7.05 Å². The molecule has 0 saturated carbocycles. The molecule has 5 heteroatoms. The van der Waals surface area contributed by atoms with E-state index in [2.05, 4.69) is 23.8 Å². The molecule has 4 nitrogen and oxygen atoms in total. The molecule has 112 valence electrons. The number of Topliss-reactive ketones (excluding diaryl/α,β-unsaturated/α-hetero) is 1. The van der Waals surface area contributed by atoms with Crippen molar-refractivity contribution >= 4 is 17.4 Å². The molecule has 2 rings (SSSR count). The van der Waals surface area contributed by atoms with Crippen LogP contribution in [0.3, 0.4) is 0 Å². The number of hydrogen-bond donors (Lipinski definition) is 0. The number of aryl methyl sites for hydroxylation is 2. The summed E-state index contributed by atoms with van der Waals surface area (Å²) in [5.41, 5.74) is 1.24. The number of ketones is 1. The minimum Gasteiger partial charge on any atom is -0.297 e. The van der Waals surface area contributed by atoms with Crippen molar-refractivity contribution in [3.05, 3.63) is 16.4 Å². The van der Waals surface area contributed by atoms with Gasteiger partial charge in [-0.2, -0.15) is 5.10 Å². The second-order valence-electron chi connectivity index (χ2n) is 5.89. The second-order valence-corrected chi connectivity index (χ2v) is 6.27. The van der Waals surface area contributed by atoms with Crippen molar-refractivity contribution in [3.8, 4) is 0 Å². The Kier molecular flexibility index (Phi) is 4.55. The lowest BCUT2D eigenvalue weighted by atomic mass is 9.88. The SMILES string of the molecule is CCC(C)(C(=O)Cc1c(Cl)c(C)nn1C)N1CCCC1.